The van der Waals surface area contributed by atoms with Crippen molar-refractivity contribution in [1.29, 1.82) is 0 Å². The first-order valence-corrected chi connectivity index (χ1v) is 11.3. The fourth-order valence-electron chi connectivity index (χ4n) is 4.41. The minimum atomic E-state index is -0.340. The molecule has 168 valence electrons. The number of benzene rings is 1. The molecule has 1 aromatic heterocycles. The minimum absolute atomic E-state index is 0.338. The summed E-state index contributed by atoms with van der Waals surface area (Å²) in [5, 5.41) is 2.54. The van der Waals surface area contributed by atoms with Crippen LogP contribution in [0.15, 0.2) is 54.3 Å². The third-order valence-corrected chi connectivity index (χ3v) is 6.07. The Labute approximate surface area is 190 Å². The topological polar surface area (TPSA) is 77.1 Å². The number of carbonyl (C=O) groups excluding carboxylic acids is 2. The molecular weight excluding hydrogens is 398 g/mol. The Morgan fingerprint density at radius 2 is 1.91 bits per heavy atom. The van der Waals surface area contributed by atoms with E-state index in [9.17, 15) is 9.59 Å². The predicted octanol–water partition coefficient (Wildman–Crippen LogP) is 4.34. The summed E-state index contributed by atoms with van der Waals surface area (Å²) in [6.07, 6.45) is 10.5. The maximum Gasteiger partial charge on any atom is 0.259 e. The number of nitrogens with two attached hydrogens (primary N) is 1. The second kappa shape index (κ2) is 10.4. The number of rotatable bonds is 9. The zero-order valence-electron chi connectivity index (χ0n) is 19.5. The summed E-state index contributed by atoms with van der Waals surface area (Å²) in [5.74, 6) is -0.678. The van der Waals surface area contributed by atoms with Crippen molar-refractivity contribution in [2.45, 2.75) is 53.5 Å². The van der Waals surface area contributed by atoms with E-state index in [1.54, 1.807) is 0 Å². The van der Waals surface area contributed by atoms with E-state index in [4.69, 9.17) is 5.73 Å². The minimum Gasteiger partial charge on any atom is -0.350 e. The van der Waals surface area contributed by atoms with E-state index in [2.05, 4.69) is 29.0 Å². The van der Waals surface area contributed by atoms with Crippen molar-refractivity contribution in [3.63, 3.8) is 0 Å². The van der Waals surface area contributed by atoms with E-state index < -0.39 is 0 Å². The van der Waals surface area contributed by atoms with E-state index in [1.165, 1.54) is 0 Å². The molecule has 0 spiro atoms. The normalized spacial score (nSPS) is 14.7. The van der Waals surface area contributed by atoms with Gasteiger partial charge in [0.15, 0.2) is 0 Å². The predicted molar refractivity (Wildman–Crippen MR) is 131 cm³/mol. The fraction of sp³-hybridized carbons (Fsp3) is 0.333. The Kier molecular flexibility index (Phi) is 7.65. The van der Waals surface area contributed by atoms with Gasteiger partial charge in [0.1, 0.15) is 0 Å². The molecule has 2 heterocycles. The van der Waals surface area contributed by atoms with E-state index in [0.717, 1.165) is 59.3 Å². The zero-order chi connectivity index (χ0) is 23.3. The average Bonchev–Trinajstić information content (AvgIpc) is 3.26. The summed E-state index contributed by atoms with van der Waals surface area (Å²) in [6, 6.07) is 8.06. The number of nitrogens with one attached hydrogen (secondary N) is 1. The van der Waals surface area contributed by atoms with Crippen LogP contribution in [0.2, 0.25) is 0 Å². The molecule has 3 rings (SSSR count). The molecule has 1 aromatic carbocycles. The molecule has 0 atom stereocenters. The number of aryl methyl sites for hydroxylation is 2. The van der Waals surface area contributed by atoms with Gasteiger partial charge >= 0.3 is 0 Å². The molecule has 3 N–H and O–H groups in total. The van der Waals surface area contributed by atoms with Crippen LogP contribution in [0.5, 0.6) is 0 Å². The van der Waals surface area contributed by atoms with Crippen molar-refractivity contribution >= 4 is 23.0 Å². The van der Waals surface area contributed by atoms with Gasteiger partial charge in [0.25, 0.3) is 11.8 Å². The van der Waals surface area contributed by atoms with Gasteiger partial charge in [0, 0.05) is 30.4 Å². The highest BCUT2D eigenvalue weighted by molar-refractivity contribution is 6.40. The van der Waals surface area contributed by atoms with Gasteiger partial charge in [-0.3, -0.25) is 14.9 Å². The van der Waals surface area contributed by atoms with Crippen LogP contribution in [0.25, 0.3) is 11.1 Å². The Balaban J connectivity index is 2.24. The number of imide groups is 1. The van der Waals surface area contributed by atoms with Gasteiger partial charge in [0.05, 0.1) is 11.1 Å². The molecule has 0 saturated heterocycles. The van der Waals surface area contributed by atoms with Crippen molar-refractivity contribution in [1.82, 2.24) is 9.88 Å². The summed E-state index contributed by atoms with van der Waals surface area (Å²) < 4.78 is 2.17. The van der Waals surface area contributed by atoms with E-state index in [1.807, 2.05) is 57.3 Å². The average molecular weight is 432 g/mol. The van der Waals surface area contributed by atoms with Crippen LogP contribution < -0.4 is 11.1 Å². The van der Waals surface area contributed by atoms with Gasteiger partial charge in [-0.25, -0.2) is 0 Å². The number of hydrogen-bond acceptors (Lipinski definition) is 3. The molecule has 32 heavy (non-hydrogen) atoms. The Morgan fingerprint density at radius 3 is 2.56 bits per heavy atom. The molecule has 0 radical (unpaired) electrons. The van der Waals surface area contributed by atoms with Gasteiger partial charge in [0.2, 0.25) is 0 Å². The number of nitrogens with zero attached hydrogens (tertiary/aromatic N) is 1. The first-order valence-electron chi connectivity index (χ1n) is 11.3. The molecule has 1 aliphatic heterocycles. The molecular formula is C27H33N3O2. The lowest BCUT2D eigenvalue weighted by atomic mass is 9.88. The number of aromatic nitrogens is 1. The van der Waals surface area contributed by atoms with Crippen LogP contribution in [0.3, 0.4) is 0 Å². The molecule has 0 bridgehead atoms. The molecule has 5 nitrogen and oxygen atoms in total. The lowest BCUT2D eigenvalue weighted by Crippen LogP contribution is -2.23. The smallest absolute Gasteiger partial charge is 0.259 e. The number of amides is 2. The first kappa shape index (κ1) is 23.5. The van der Waals surface area contributed by atoms with Gasteiger partial charge in [-0.15, -0.1) is 0 Å². The second-order valence-electron chi connectivity index (χ2n) is 7.97. The van der Waals surface area contributed by atoms with Gasteiger partial charge in [-0.05, 0) is 62.4 Å². The molecule has 5 heteroatoms. The first-order chi connectivity index (χ1) is 15.5. The molecule has 2 aromatic rings. The third kappa shape index (κ3) is 4.39. The lowest BCUT2D eigenvalue weighted by molar-refractivity contribution is -0.123. The summed E-state index contributed by atoms with van der Waals surface area (Å²) in [4.78, 5) is 26.1. The third-order valence-electron chi connectivity index (χ3n) is 6.07. The fourth-order valence-corrected chi connectivity index (χ4v) is 4.41. The number of carbonyl (C=O) groups is 2. The second-order valence-corrected chi connectivity index (χ2v) is 7.97. The van der Waals surface area contributed by atoms with Crippen molar-refractivity contribution in [3.8, 4) is 0 Å². The summed E-state index contributed by atoms with van der Waals surface area (Å²) in [7, 11) is 0. The van der Waals surface area contributed by atoms with Gasteiger partial charge < -0.3 is 10.3 Å². The monoisotopic (exact) mass is 431 g/mol. The highest BCUT2D eigenvalue weighted by atomic mass is 16.2. The van der Waals surface area contributed by atoms with Crippen molar-refractivity contribution < 1.29 is 9.59 Å². The number of hydrogen-bond donors (Lipinski definition) is 2. The molecule has 1 aliphatic rings. The van der Waals surface area contributed by atoms with Crippen LogP contribution in [0, 0.1) is 6.92 Å². The SMILES string of the molecule is C/C=C\Cc1c(C)c(C2=C(/C(=C/C)c3ccccc3CC)C(=O)NC2=O)cn1CCCN. The Hall–Kier alpha value is -3.18. The highest BCUT2D eigenvalue weighted by Crippen LogP contribution is 2.37. The van der Waals surface area contributed by atoms with E-state index in [-0.39, 0.29) is 11.8 Å². The summed E-state index contributed by atoms with van der Waals surface area (Å²) in [5.41, 5.74) is 12.6. The summed E-state index contributed by atoms with van der Waals surface area (Å²) >= 11 is 0. The van der Waals surface area contributed by atoms with E-state index in [0.29, 0.717) is 17.7 Å². The largest absolute Gasteiger partial charge is 0.350 e. The van der Waals surface area contributed by atoms with Gasteiger partial charge in [-0.2, -0.15) is 0 Å². The van der Waals surface area contributed by atoms with Crippen LogP contribution >= 0.6 is 0 Å². The molecule has 0 fully saturated rings. The maximum absolute atomic E-state index is 13.0. The molecule has 2 amide bonds. The van der Waals surface area contributed by atoms with Crippen molar-refractivity contribution in [2.24, 2.45) is 5.73 Å². The van der Waals surface area contributed by atoms with Crippen LogP contribution in [-0.4, -0.2) is 22.9 Å². The Morgan fingerprint density at radius 1 is 1.16 bits per heavy atom. The lowest BCUT2D eigenvalue weighted by Gasteiger charge is -2.13. The quantitative estimate of drug-likeness (QED) is 0.458. The van der Waals surface area contributed by atoms with Crippen molar-refractivity contribution in [2.75, 3.05) is 6.54 Å². The van der Waals surface area contributed by atoms with Gasteiger partial charge in [-0.1, -0.05) is 49.4 Å². The summed E-state index contributed by atoms with van der Waals surface area (Å²) in [6.45, 7) is 9.41. The zero-order valence-corrected chi connectivity index (χ0v) is 19.5. The van der Waals surface area contributed by atoms with Crippen molar-refractivity contribution in [3.05, 3.63) is 82.2 Å². The maximum atomic E-state index is 13.0. The molecule has 0 unspecified atom stereocenters. The Bertz CT molecular complexity index is 1120. The molecule has 0 saturated carbocycles. The standard InChI is InChI=1S/C27H33N3O2/c1-5-8-14-23-18(4)22(17-30(23)16-11-15-28)25-24(26(31)29-27(25)32)20(7-3)21-13-10-9-12-19(21)6-2/h5,7-10,12-13,17H,6,11,14-16,28H2,1-4H3,(H,29,31,32)/b8-5-,20-7+. The van der Waals surface area contributed by atoms with Crippen LogP contribution in [0.1, 0.15) is 55.1 Å². The number of allylic oxidation sites excluding steroid dienone is 3. The molecule has 0 aliphatic carbocycles. The van der Waals surface area contributed by atoms with Crippen LogP contribution in [0.4, 0.5) is 0 Å². The van der Waals surface area contributed by atoms with E-state index >= 15 is 0 Å². The highest BCUT2D eigenvalue weighted by Gasteiger charge is 2.35. The van der Waals surface area contributed by atoms with Crippen LogP contribution in [-0.2, 0) is 29.0 Å².